The molecule has 0 saturated heterocycles. The van der Waals surface area contributed by atoms with Gasteiger partial charge in [-0.3, -0.25) is 4.79 Å². The number of ether oxygens (including phenoxy) is 1. The number of aryl methyl sites for hydroxylation is 1. The lowest BCUT2D eigenvalue weighted by Crippen LogP contribution is -2.49. The smallest absolute Gasteiger partial charge is 0.252 e. The van der Waals surface area contributed by atoms with E-state index in [4.69, 9.17) is 39.5 Å². The van der Waals surface area contributed by atoms with Crippen LogP contribution in [-0.4, -0.2) is 23.0 Å². The standard InChI is InChI=1S/C19H18Cl3N3O2S/c1-27-12-8-6-11(7-9-12)16(26)24-18(19(20,21)22)25-17-14(10-23)13-4-2-3-5-15(13)28-17/h6-9,18,25H,2-5H2,1H3,(H,24,26). The highest BCUT2D eigenvalue weighted by Crippen LogP contribution is 2.40. The lowest BCUT2D eigenvalue weighted by atomic mass is 9.96. The third kappa shape index (κ3) is 4.66. The first kappa shape index (κ1) is 21.1. The van der Waals surface area contributed by atoms with Crippen LogP contribution in [0.1, 0.15) is 39.2 Å². The van der Waals surface area contributed by atoms with Gasteiger partial charge in [0.25, 0.3) is 5.91 Å². The number of rotatable bonds is 5. The van der Waals surface area contributed by atoms with Crippen molar-refractivity contribution in [2.24, 2.45) is 0 Å². The second-order valence-electron chi connectivity index (χ2n) is 6.35. The van der Waals surface area contributed by atoms with Crippen LogP contribution in [0.3, 0.4) is 0 Å². The Kier molecular flexibility index (Phi) is 6.61. The van der Waals surface area contributed by atoms with Gasteiger partial charge in [-0.25, -0.2) is 0 Å². The number of anilines is 1. The topological polar surface area (TPSA) is 74.2 Å². The molecule has 1 aromatic heterocycles. The number of halogens is 3. The van der Waals surface area contributed by atoms with Crippen LogP contribution in [0.25, 0.3) is 0 Å². The van der Waals surface area contributed by atoms with Crippen molar-refractivity contribution >= 4 is 57.0 Å². The van der Waals surface area contributed by atoms with Crippen molar-refractivity contribution in [3.63, 3.8) is 0 Å². The number of nitrogens with zero attached hydrogens (tertiary/aromatic N) is 1. The molecule has 2 aromatic rings. The summed E-state index contributed by atoms with van der Waals surface area (Å²) in [6.45, 7) is 0. The molecular formula is C19H18Cl3N3O2S. The number of methoxy groups -OCH3 is 1. The number of hydrogen-bond donors (Lipinski definition) is 2. The van der Waals surface area contributed by atoms with E-state index in [1.165, 1.54) is 16.2 Å². The number of carbonyl (C=O) groups is 1. The number of amides is 1. The van der Waals surface area contributed by atoms with Crippen LogP contribution in [0.2, 0.25) is 0 Å². The van der Waals surface area contributed by atoms with E-state index < -0.39 is 15.9 Å². The van der Waals surface area contributed by atoms with Crippen LogP contribution in [0.15, 0.2) is 24.3 Å². The van der Waals surface area contributed by atoms with Crippen molar-refractivity contribution in [2.75, 3.05) is 12.4 Å². The summed E-state index contributed by atoms with van der Waals surface area (Å²) in [5, 5.41) is 16.0. The van der Waals surface area contributed by atoms with Crippen molar-refractivity contribution in [1.82, 2.24) is 5.32 Å². The number of carbonyl (C=O) groups excluding carboxylic acids is 1. The Morgan fingerprint density at radius 2 is 1.93 bits per heavy atom. The summed E-state index contributed by atoms with van der Waals surface area (Å²) >= 11 is 19.8. The predicted molar refractivity (Wildman–Crippen MR) is 114 cm³/mol. The number of nitriles is 1. The Labute approximate surface area is 182 Å². The summed E-state index contributed by atoms with van der Waals surface area (Å²) < 4.78 is 3.27. The van der Waals surface area contributed by atoms with Gasteiger partial charge in [-0.1, -0.05) is 34.8 Å². The van der Waals surface area contributed by atoms with E-state index in [1.54, 1.807) is 31.4 Å². The minimum atomic E-state index is -1.82. The van der Waals surface area contributed by atoms with E-state index >= 15 is 0 Å². The van der Waals surface area contributed by atoms with Gasteiger partial charge >= 0.3 is 0 Å². The van der Waals surface area contributed by atoms with Crippen LogP contribution in [0, 0.1) is 11.3 Å². The fraction of sp³-hybridized carbons (Fsp3) is 0.368. The Balaban J connectivity index is 1.82. The molecule has 0 spiro atoms. The molecule has 28 heavy (non-hydrogen) atoms. The molecule has 1 unspecified atom stereocenters. The minimum Gasteiger partial charge on any atom is -0.497 e. The molecule has 1 amide bonds. The van der Waals surface area contributed by atoms with E-state index in [1.807, 2.05) is 0 Å². The van der Waals surface area contributed by atoms with Gasteiger partial charge in [0.2, 0.25) is 3.79 Å². The molecule has 0 fully saturated rings. The maximum Gasteiger partial charge on any atom is 0.252 e. The third-order valence-electron chi connectivity index (χ3n) is 4.51. The van der Waals surface area contributed by atoms with E-state index in [-0.39, 0.29) is 0 Å². The van der Waals surface area contributed by atoms with Crippen LogP contribution < -0.4 is 15.4 Å². The van der Waals surface area contributed by atoms with Crippen LogP contribution in [-0.2, 0) is 12.8 Å². The summed E-state index contributed by atoms with van der Waals surface area (Å²) in [7, 11) is 1.55. The van der Waals surface area contributed by atoms with Gasteiger partial charge in [0, 0.05) is 10.4 Å². The van der Waals surface area contributed by atoms with Crippen LogP contribution in [0.5, 0.6) is 5.75 Å². The zero-order valence-corrected chi connectivity index (χ0v) is 18.1. The fourth-order valence-electron chi connectivity index (χ4n) is 3.07. The lowest BCUT2D eigenvalue weighted by molar-refractivity contribution is 0.0942. The summed E-state index contributed by atoms with van der Waals surface area (Å²) in [6.07, 6.45) is 2.94. The molecule has 148 valence electrons. The largest absolute Gasteiger partial charge is 0.497 e. The van der Waals surface area contributed by atoms with E-state index in [0.717, 1.165) is 31.2 Å². The highest BCUT2D eigenvalue weighted by molar-refractivity contribution is 7.16. The first-order chi connectivity index (χ1) is 13.3. The molecule has 3 rings (SSSR count). The number of fused-ring (bicyclic) bond motifs is 1. The Hall–Kier alpha value is -1.65. The summed E-state index contributed by atoms with van der Waals surface area (Å²) in [6, 6.07) is 8.84. The molecule has 2 N–H and O–H groups in total. The fourth-order valence-corrected chi connectivity index (χ4v) is 4.67. The number of hydrogen-bond acceptors (Lipinski definition) is 5. The Bertz CT molecular complexity index is 901. The van der Waals surface area contributed by atoms with Crippen molar-refractivity contribution in [1.29, 1.82) is 5.26 Å². The highest BCUT2D eigenvalue weighted by atomic mass is 35.6. The Morgan fingerprint density at radius 1 is 1.25 bits per heavy atom. The Morgan fingerprint density at radius 3 is 2.54 bits per heavy atom. The average Bonchev–Trinajstić information content (AvgIpc) is 3.03. The molecule has 0 aliphatic heterocycles. The first-order valence-electron chi connectivity index (χ1n) is 8.66. The minimum absolute atomic E-state index is 0.396. The highest BCUT2D eigenvalue weighted by Gasteiger charge is 2.36. The van der Waals surface area contributed by atoms with Gasteiger partial charge in [-0.15, -0.1) is 11.3 Å². The van der Waals surface area contributed by atoms with Crippen molar-refractivity contribution in [3.8, 4) is 11.8 Å². The van der Waals surface area contributed by atoms with Gasteiger partial charge in [-0.05, 0) is 55.5 Å². The predicted octanol–water partition coefficient (Wildman–Crippen LogP) is 5.05. The molecule has 9 heteroatoms. The molecule has 1 aromatic carbocycles. The van der Waals surface area contributed by atoms with E-state index in [9.17, 15) is 10.1 Å². The van der Waals surface area contributed by atoms with Gasteiger partial charge in [0.05, 0.1) is 12.7 Å². The molecule has 1 aliphatic carbocycles. The lowest BCUT2D eigenvalue weighted by Gasteiger charge is -2.27. The second kappa shape index (κ2) is 8.79. The second-order valence-corrected chi connectivity index (χ2v) is 9.82. The van der Waals surface area contributed by atoms with Gasteiger partial charge in [0.1, 0.15) is 23.0 Å². The molecule has 0 radical (unpaired) electrons. The summed E-state index contributed by atoms with van der Waals surface area (Å²) in [5.41, 5.74) is 2.02. The van der Waals surface area contributed by atoms with Gasteiger partial charge < -0.3 is 15.4 Å². The number of thiophene rings is 1. The van der Waals surface area contributed by atoms with E-state index in [0.29, 0.717) is 21.9 Å². The number of benzene rings is 1. The van der Waals surface area contributed by atoms with Crippen LogP contribution in [0.4, 0.5) is 5.00 Å². The number of alkyl halides is 3. The zero-order chi connectivity index (χ0) is 20.3. The van der Waals surface area contributed by atoms with Crippen LogP contribution >= 0.6 is 46.1 Å². The first-order valence-corrected chi connectivity index (χ1v) is 10.6. The maximum absolute atomic E-state index is 12.6. The molecule has 1 atom stereocenters. The van der Waals surface area contributed by atoms with Gasteiger partial charge in [-0.2, -0.15) is 5.26 Å². The zero-order valence-electron chi connectivity index (χ0n) is 15.0. The SMILES string of the molecule is COc1ccc(C(=O)NC(Nc2sc3c(c2C#N)CCCC3)C(Cl)(Cl)Cl)cc1. The maximum atomic E-state index is 12.6. The van der Waals surface area contributed by atoms with Gasteiger partial charge in [0.15, 0.2) is 0 Å². The molecule has 1 heterocycles. The molecule has 5 nitrogen and oxygen atoms in total. The van der Waals surface area contributed by atoms with Crippen molar-refractivity contribution in [3.05, 3.63) is 45.8 Å². The molecule has 0 saturated carbocycles. The molecule has 1 aliphatic rings. The normalized spacial score (nSPS) is 14.5. The monoisotopic (exact) mass is 457 g/mol. The summed E-state index contributed by atoms with van der Waals surface area (Å²) in [4.78, 5) is 13.8. The third-order valence-corrected chi connectivity index (χ3v) is 6.39. The summed E-state index contributed by atoms with van der Waals surface area (Å²) in [5.74, 6) is 0.224. The average molecular weight is 459 g/mol. The number of nitrogens with one attached hydrogen (secondary N) is 2. The van der Waals surface area contributed by atoms with Crippen molar-refractivity contribution < 1.29 is 9.53 Å². The molecule has 0 bridgehead atoms. The molecular weight excluding hydrogens is 441 g/mol. The van der Waals surface area contributed by atoms with E-state index in [2.05, 4.69) is 16.7 Å². The quantitative estimate of drug-likeness (QED) is 0.486. The van der Waals surface area contributed by atoms with Crippen molar-refractivity contribution in [2.45, 2.75) is 35.6 Å².